The summed E-state index contributed by atoms with van der Waals surface area (Å²) in [7, 11) is 0. The molecule has 0 N–H and O–H groups in total. The minimum atomic E-state index is -4.45. The molecule has 1 aromatic heterocycles. The second-order valence-corrected chi connectivity index (χ2v) is 2.79. The summed E-state index contributed by atoms with van der Waals surface area (Å²) in [4.78, 5) is 5.72. The molecule has 7 heteroatoms. The van der Waals surface area contributed by atoms with E-state index in [1.54, 1.807) is 0 Å². The predicted octanol–water partition coefficient (Wildman–Crippen LogP) is 3.42. The maximum absolute atomic E-state index is 12.3. The number of hydrogen-bond donors (Lipinski definition) is 0. The standard InChI is InChI=1S/C9H7F3N4/c10-9(11,12)8-6-7(3-5-14-8)2-1-4-15-16-13/h1-3,5-6H,4H2. The molecular weight excluding hydrogens is 221 g/mol. The van der Waals surface area contributed by atoms with E-state index in [9.17, 15) is 13.2 Å². The number of azide groups is 1. The van der Waals surface area contributed by atoms with Crippen molar-refractivity contribution >= 4 is 6.08 Å². The lowest BCUT2D eigenvalue weighted by Crippen LogP contribution is -2.07. The van der Waals surface area contributed by atoms with Gasteiger partial charge in [-0.05, 0) is 23.2 Å². The Morgan fingerprint density at radius 1 is 1.50 bits per heavy atom. The Bertz CT molecular complexity index is 433. The smallest absolute Gasteiger partial charge is 0.252 e. The fourth-order valence-corrected chi connectivity index (χ4v) is 0.978. The Kier molecular flexibility index (Phi) is 3.90. The Hall–Kier alpha value is -2.01. The van der Waals surface area contributed by atoms with Crippen LogP contribution in [0, 0.1) is 0 Å². The summed E-state index contributed by atoms with van der Waals surface area (Å²) in [6.45, 7) is 0.0974. The molecule has 0 aliphatic rings. The van der Waals surface area contributed by atoms with Crippen molar-refractivity contribution in [2.75, 3.05) is 6.54 Å². The molecule has 0 radical (unpaired) electrons. The van der Waals surface area contributed by atoms with Gasteiger partial charge < -0.3 is 0 Å². The maximum Gasteiger partial charge on any atom is 0.433 e. The molecule has 1 heterocycles. The summed E-state index contributed by atoms with van der Waals surface area (Å²) in [6.07, 6.45) is -0.467. The average molecular weight is 228 g/mol. The SMILES string of the molecule is [N-]=[N+]=NCC=Cc1ccnc(C(F)(F)F)c1. The van der Waals surface area contributed by atoms with Crippen LogP contribution in [-0.2, 0) is 6.18 Å². The van der Waals surface area contributed by atoms with E-state index in [4.69, 9.17) is 5.53 Å². The molecule has 1 rings (SSSR count). The normalized spacial score (nSPS) is 11.4. The second kappa shape index (κ2) is 5.18. The fraction of sp³-hybridized carbons (Fsp3) is 0.222. The molecule has 1 aromatic rings. The highest BCUT2D eigenvalue weighted by molar-refractivity contribution is 5.49. The number of aromatic nitrogens is 1. The number of halogens is 3. The Balaban J connectivity index is 2.83. The lowest BCUT2D eigenvalue weighted by atomic mass is 10.2. The van der Waals surface area contributed by atoms with Crippen LogP contribution in [0.2, 0.25) is 0 Å². The van der Waals surface area contributed by atoms with Gasteiger partial charge in [0.15, 0.2) is 0 Å². The second-order valence-electron chi connectivity index (χ2n) is 2.79. The largest absolute Gasteiger partial charge is 0.433 e. The quantitative estimate of drug-likeness (QED) is 0.444. The van der Waals surface area contributed by atoms with Gasteiger partial charge in [-0.1, -0.05) is 17.3 Å². The Morgan fingerprint density at radius 3 is 2.88 bits per heavy atom. The van der Waals surface area contributed by atoms with Crippen molar-refractivity contribution in [1.82, 2.24) is 4.98 Å². The van der Waals surface area contributed by atoms with E-state index in [1.165, 1.54) is 18.2 Å². The van der Waals surface area contributed by atoms with Gasteiger partial charge >= 0.3 is 6.18 Å². The average Bonchev–Trinajstić information content (AvgIpc) is 2.24. The number of nitrogens with zero attached hydrogens (tertiary/aromatic N) is 4. The highest BCUT2D eigenvalue weighted by Crippen LogP contribution is 2.27. The summed E-state index contributed by atoms with van der Waals surface area (Å²) in [5.41, 5.74) is 7.39. The number of rotatable bonds is 3. The van der Waals surface area contributed by atoms with Crippen LogP contribution >= 0.6 is 0 Å². The van der Waals surface area contributed by atoms with Crippen molar-refractivity contribution in [3.63, 3.8) is 0 Å². The van der Waals surface area contributed by atoms with Gasteiger partial charge in [0, 0.05) is 17.7 Å². The van der Waals surface area contributed by atoms with Gasteiger partial charge in [0.05, 0.1) is 0 Å². The fourth-order valence-electron chi connectivity index (χ4n) is 0.978. The molecule has 84 valence electrons. The molecule has 0 bridgehead atoms. The van der Waals surface area contributed by atoms with E-state index in [-0.39, 0.29) is 6.54 Å². The van der Waals surface area contributed by atoms with Crippen LogP contribution in [0.25, 0.3) is 16.5 Å². The topological polar surface area (TPSA) is 61.7 Å². The molecule has 0 saturated carbocycles. The van der Waals surface area contributed by atoms with Gasteiger partial charge in [0.25, 0.3) is 0 Å². The van der Waals surface area contributed by atoms with Crippen LogP contribution in [0.3, 0.4) is 0 Å². The molecule has 0 spiro atoms. The van der Waals surface area contributed by atoms with Crippen molar-refractivity contribution in [3.05, 3.63) is 46.1 Å². The van der Waals surface area contributed by atoms with Crippen LogP contribution in [0.1, 0.15) is 11.3 Å². The van der Waals surface area contributed by atoms with E-state index in [1.807, 2.05) is 0 Å². The number of pyridine rings is 1. The first-order valence-corrected chi connectivity index (χ1v) is 4.24. The van der Waals surface area contributed by atoms with Crippen LogP contribution in [-0.4, -0.2) is 11.5 Å². The van der Waals surface area contributed by atoms with Gasteiger partial charge in [0.1, 0.15) is 5.69 Å². The number of alkyl halides is 3. The van der Waals surface area contributed by atoms with Crippen molar-refractivity contribution < 1.29 is 13.2 Å². The monoisotopic (exact) mass is 228 g/mol. The van der Waals surface area contributed by atoms with Crippen molar-refractivity contribution in [2.24, 2.45) is 5.11 Å². The van der Waals surface area contributed by atoms with Crippen molar-refractivity contribution in [3.8, 4) is 0 Å². The van der Waals surface area contributed by atoms with E-state index in [0.29, 0.717) is 5.56 Å². The maximum atomic E-state index is 12.3. The van der Waals surface area contributed by atoms with Crippen LogP contribution in [0.4, 0.5) is 13.2 Å². The van der Waals surface area contributed by atoms with Crippen LogP contribution in [0.5, 0.6) is 0 Å². The van der Waals surface area contributed by atoms with E-state index in [2.05, 4.69) is 15.0 Å². The minimum Gasteiger partial charge on any atom is -0.252 e. The van der Waals surface area contributed by atoms with Gasteiger partial charge in [-0.3, -0.25) is 4.98 Å². The lowest BCUT2D eigenvalue weighted by Gasteiger charge is -2.05. The molecule has 0 aliphatic heterocycles. The van der Waals surface area contributed by atoms with Crippen LogP contribution < -0.4 is 0 Å². The third-order valence-corrected chi connectivity index (χ3v) is 1.64. The number of hydrogen-bond acceptors (Lipinski definition) is 2. The van der Waals surface area contributed by atoms with Gasteiger partial charge in [0.2, 0.25) is 0 Å². The molecule has 0 aliphatic carbocycles. The first-order valence-electron chi connectivity index (χ1n) is 4.24. The zero-order valence-corrected chi connectivity index (χ0v) is 8.02. The van der Waals surface area contributed by atoms with Gasteiger partial charge in [-0.2, -0.15) is 13.2 Å². The molecule has 0 aromatic carbocycles. The van der Waals surface area contributed by atoms with E-state index < -0.39 is 11.9 Å². The molecule has 0 fully saturated rings. The first kappa shape index (κ1) is 12.1. The Labute approximate surface area is 89.1 Å². The third-order valence-electron chi connectivity index (χ3n) is 1.64. The van der Waals surface area contributed by atoms with E-state index >= 15 is 0 Å². The molecule has 0 atom stereocenters. The summed E-state index contributed by atoms with van der Waals surface area (Å²) in [5.74, 6) is 0. The zero-order valence-electron chi connectivity index (χ0n) is 8.02. The molecule has 4 nitrogen and oxygen atoms in total. The lowest BCUT2D eigenvalue weighted by molar-refractivity contribution is -0.141. The Morgan fingerprint density at radius 2 is 2.25 bits per heavy atom. The van der Waals surface area contributed by atoms with Gasteiger partial charge in [-0.15, -0.1) is 0 Å². The minimum absolute atomic E-state index is 0.0974. The zero-order chi connectivity index (χ0) is 12.0. The third kappa shape index (κ3) is 3.62. The molecule has 0 unspecified atom stereocenters. The summed E-state index contributed by atoms with van der Waals surface area (Å²) >= 11 is 0. The van der Waals surface area contributed by atoms with Crippen molar-refractivity contribution in [2.45, 2.75) is 6.18 Å². The van der Waals surface area contributed by atoms with Crippen LogP contribution in [0.15, 0.2) is 29.5 Å². The first-order chi connectivity index (χ1) is 7.54. The molecule has 0 saturated heterocycles. The summed E-state index contributed by atoms with van der Waals surface area (Å²) in [5, 5.41) is 3.21. The van der Waals surface area contributed by atoms with E-state index in [0.717, 1.165) is 12.3 Å². The summed E-state index contributed by atoms with van der Waals surface area (Å²) in [6, 6.07) is 2.36. The van der Waals surface area contributed by atoms with Gasteiger partial charge in [-0.25, -0.2) is 0 Å². The highest BCUT2D eigenvalue weighted by Gasteiger charge is 2.32. The molecular formula is C9H7F3N4. The summed E-state index contributed by atoms with van der Waals surface area (Å²) < 4.78 is 36.8. The molecule has 16 heavy (non-hydrogen) atoms. The van der Waals surface area contributed by atoms with Crippen molar-refractivity contribution in [1.29, 1.82) is 0 Å². The highest BCUT2D eigenvalue weighted by atomic mass is 19.4. The predicted molar refractivity (Wildman–Crippen MR) is 52.3 cm³/mol. The molecule has 0 amide bonds.